The standard InChI is InChI=1S/C25H22N2O5S/c1-33(30,31)24-12-11-21(25(28)29)22(15-27-14-13-26-17-27)23(24)16-32-20-9-7-19(8-10-20)18-5-3-2-4-6-18/h2-14,17H,15-16H2,1H3,(H,28,29). The lowest BCUT2D eigenvalue weighted by molar-refractivity contribution is 0.0695. The summed E-state index contributed by atoms with van der Waals surface area (Å²) in [7, 11) is -3.62. The molecule has 0 aliphatic rings. The van der Waals surface area contributed by atoms with Crippen LogP contribution >= 0.6 is 0 Å². The van der Waals surface area contributed by atoms with Crippen molar-refractivity contribution in [1.82, 2.24) is 9.55 Å². The van der Waals surface area contributed by atoms with Crippen molar-refractivity contribution in [3.8, 4) is 16.9 Å². The number of hydrogen-bond donors (Lipinski definition) is 1. The van der Waals surface area contributed by atoms with E-state index in [1.54, 1.807) is 35.4 Å². The zero-order valence-electron chi connectivity index (χ0n) is 17.9. The number of benzene rings is 3. The van der Waals surface area contributed by atoms with Crippen LogP contribution in [-0.4, -0.2) is 35.3 Å². The second-order valence-electron chi connectivity index (χ2n) is 7.56. The fourth-order valence-corrected chi connectivity index (χ4v) is 4.60. The number of imidazole rings is 1. The number of nitrogens with zero attached hydrogens (tertiary/aromatic N) is 2. The van der Waals surface area contributed by atoms with Gasteiger partial charge in [-0.1, -0.05) is 42.5 Å². The summed E-state index contributed by atoms with van der Waals surface area (Å²) in [6.07, 6.45) is 5.91. The molecule has 0 bridgehead atoms. The average Bonchev–Trinajstić information content (AvgIpc) is 3.31. The molecule has 4 rings (SSSR count). The fourth-order valence-electron chi connectivity index (χ4n) is 3.65. The predicted molar refractivity (Wildman–Crippen MR) is 124 cm³/mol. The molecule has 0 amide bonds. The predicted octanol–water partition coefficient (Wildman–Crippen LogP) is 4.28. The van der Waals surface area contributed by atoms with Crippen LogP contribution in [0.25, 0.3) is 11.1 Å². The van der Waals surface area contributed by atoms with Crippen molar-refractivity contribution in [2.45, 2.75) is 18.0 Å². The fraction of sp³-hybridized carbons (Fsp3) is 0.120. The summed E-state index contributed by atoms with van der Waals surface area (Å²) in [5, 5.41) is 9.72. The molecule has 0 spiro atoms. The van der Waals surface area contributed by atoms with Gasteiger partial charge in [0.2, 0.25) is 0 Å². The van der Waals surface area contributed by atoms with Gasteiger partial charge in [0.1, 0.15) is 12.4 Å². The molecular weight excluding hydrogens is 440 g/mol. The molecule has 4 aromatic rings. The summed E-state index contributed by atoms with van der Waals surface area (Å²) < 4.78 is 32.6. The lowest BCUT2D eigenvalue weighted by Gasteiger charge is -2.18. The highest BCUT2D eigenvalue weighted by molar-refractivity contribution is 7.90. The van der Waals surface area contributed by atoms with Crippen molar-refractivity contribution in [2.75, 3.05) is 6.26 Å². The van der Waals surface area contributed by atoms with Gasteiger partial charge in [0.05, 0.1) is 16.8 Å². The summed E-state index contributed by atoms with van der Waals surface area (Å²) in [6.45, 7) is 0.0505. The Hall–Kier alpha value is -3.91. The number of carboxylic acids is 1. The third kappa shape index (κ3) is 5.12. The first-order chi connectivity index (χ1) is 15.8. The molecule has 0 aliphatic carbocycles. The van der Waals surface area contributed by atoms with E-state index in [0.29, 0.717) is 16.9 Å². The Morgan fingerprint density at radius 2 is 1.67 bits per heavy atom. The van der Waals surface area contributed by atoms with Gasteiger partial charge in [-0.15, -0.1) is 0 Å². The maximum absolute atomic E-state index is 12.5. The molecule has 0 fully saturated rings. The monoisotopic (exact) mass is 462 g/mol. The van der Waals surface area contributed by atoms with Crippen molar-refractivity contribution in [3.63, 3.8) is 0 Å². The molecule has 0 aliphatic heterocycles. The van der Waals surface area contributed by atoms with Crippen LogP contribution in [0.5, 0.6) is 5.75 Å². The number of sulfone groups is 1. The highest BCUT2D eigenvalue weighted by Crippen LogP contribution is 2.28. The molecule has 7 nitrogen and oxygen atoms in total. The van der Waals surface area contributed by atoms with Crippen molar-refractivity contribution in [3.05, 3.63) is 102 Å². The zero-order valence-corrected chi connectivity index (χ0v) is 18.7. The van der Waals surface area contributed by atoms with Crippen molar-refractivity contribution < 1.29 is 23.1 Å². The molecule has 3 aromatic carbocycles. The highest BCUT2D eigenvalue weighted by atomic mass is 32.2. The van der Waals surface area contributed by atoms with Gasteiger partial charge in [-0.2, -0.15) is 0 Å². The molecule has 0 unspecified atom stereocenters. The summed E-state index contributed by atoms with van der Waals surface area (Å²) in [4.78, 5) is 15.9. The molecule has 1 aromatic heterocycles. The Labute approximate surface area is 191 Å². The van der Waals surface area contributed by atoms with E-state index in [9.17, 15) is 18.3 Å². The van der Waals surface area contributed by atoms with E-state index in [0.717, 1.165) is 17.4 Å². The van der Waals surface area contributed by atoms with Gasteiger partial charge >= 0.3 is 5.97 Å². The van der Waals surface area contributed by atoms with Crippen LogP contribution in [0, 0.1) is 0 Å². The molecule has 0 atom stereocenters. The third-order valence-electron chi connectivity index (χ3n) is 5.26. The number of aromatic nitrogens is 2. The Kier molecular flexibility index (Phi) is 6.28. The summed E-state index contributed by atoms with van der Waals surface area (Å²) >= 11 is 0. The minimum Gasteiger partial charge on any atom is -0.489 e. The Bertz CT molecular complexity index is 1360. The molecule has 168 valence electrons. The number of carbonyl (C=O) groups is 1. The molecule has 0 radical (unpaired) electrons. The first-order valence-corrected chi connectivity index (χ1v) is 12.0. The van der Waals surface area contributed by atoms with E-state index < -0.39 is 15.8 Å². The zero-order chi connectivity index (χ0) is 23.4. The second kappa shape index (κ2) is 9.30. The molecule has 8 heteroatoms. The Morgan fingerprint density at radius 1 is 0.970 bits per heavy atom. The van der Waals surface area contributed by atoms with Gasteiger partial charge in [0.25, 0.3) is 0 Å². The number of aromatic carboxylic acids is 1. The molecule has 0 saturated heterocycles. The maximum Gasteiger partial charge on any atom is 0.336 e. The van der Waals surface area contributed by atoms with Crippen LogP contribution in [0.4, 0.5) is 0 Å². The normalized spacial score (nSPS) is 11.3. The second-order valence-corrected chi connectivity index (χ2v) is 9.54. The maximum atomic E-state index is 12.5. The van der Waals surface area contributed by atoms with E-state index in [1.807, 2.05) is 42.5 Å². The highest BCUT2D eigenvalue weighted by Gasteiger charge is 2.23. The van der Waals surface area contributed by atoms with E-state index in [1.165, 1.54) is 12.1 Å². The first-order valence-electron chi connectivity index (χ1n) is 10.1. The Balaban J connectivity index is 1.69. The number of rotatable bonds is 8. The SMILES string of the molecule is CS(=O)(=O)c1ccc(C(=O)O)c(Cn2ccnc2)c1COc1ccc(-c2ccccc2)cc1. The van der Waals surface area contributed by atoms with Crippen molar-refractivity contribution >= 4 is 15.8 Å². The largest absolute Gasteiger partial charge is 0.489 e. The number of carboxylic acid groups (broad SMARTS) is 1. The molecule has 1 heterocycles. The summed E-state index contributed by atoms with van der Waals surface area (Å²) in [5.41, 5.74) is 2.80. The molecule has 33 heavy (non-hydrogen) atoms. The summed E-state index contributed by atoms with van der Waals surface area (Å²) in [5.74, 6) is -0.595. The first kappa shape index (κ1) is 22.3. The van der Waals surface area contributed by atoms with Gasteiger partial charge in [0.15, 0.2) is 9.84 Å². The molecular formula is C25H22N2O5S. The summed E-state index contributed by atoms with van der Waals surface area (Å²) in [6, 6.07) is 20.0. The quantitative estimate of drug-likeness (QED) is 0.420. The van der Waals surface area contributed by atoms with Crippen LogP contribution in [0.3, 0.4) is 0 Å². The third-order valence-corrected chi connectivity index (χ3v) is 6.44. The minimum absolute atomic E-state index is 0.0223. The van der Waals surface area contributed by atoms with E-state index in [-0.39, 0.29) is 23.6 Å². The van der Waals surface area contributed by atoms with Crippen LogP contribution in [0.2, 0.25) is 0 Å². The van der Waals surface area contributed by atoms with Gasteiger partial charge in [-0.3, -0.25) is 0 Å². The van der Waals surface area contributed by atoms with Crippen molar-refractivity contribution in [1.29, 1.82) is 0 Å². The van der Waals surface area contributed by atoms with Gasteiger partial charge in [0, 0.05) is 30.8 Å². The van der Waals surface area contributed by atoms with Crippen LogP contribution in [0.1, 0.15) is 21.5 Å². The minimum atomic E-state index is -3.62. The van der Waals surface area contributed by atoms with Gasteiger partial charge in [-0.05, 0) is 41.0 Å². The van der Waals surface area contributed by atoms with Gasteiger partial charge in [-0.25, -0.2) is 18.2 Å². The Morgan fingerprint density at radius 3 is 2.27 bits per heavy atom. The molecule has 1 N–H and O–H groups in total. The topological polar surface area (TPSA) is 98.5 Å². The lowest BCUT2D eigenvalue weighted by atomic mass is 10.0. The average molecular weight is 463 g/mol. The van der Waals surface area contributed by atoms with Gasteiger partial charge < -0.3 is 14.4 Å². The number of ether oxygens (including phenoxy) is 1. The smallest absolute Gasteiger partial charge is 0.336 e. The van der Waals surface area contributed by atoms with Crippen LogP contribution < -0.4 is 4.74 Å². The number of hydrogen-bond acceptors (Lipinski definition) is 5. The van der Waals surface area contributed by atoms with Crippen molar-refractivity contribution in [2.24, 2.45) is 0 Å². The van der Waals surface area contributed by atoms with E-state index in [2.05, 4.69) is 4.98 Å². The van der Waals surface area contributed by atoms with E-state index >= 15 is 0 Å². The van der Waals surface area contributed by atoms with E-state index in [4.69, 9.17) is 4.74 Å². The molecule has 0 saturated carbocycles. The van der Waals surface area contributed by atoms with Crippen LogP contribution in [0.15, 0.2) is 90.3 Å². The lowest BCUT2D eigenvalue weighted by Crippen LogP contribution is -2.15. The van der Waals surface area contributed by atoms with Crippen LogP contribution in [-0.2, 0) is 23.0 Å².